The van der Waals surface area contributed by atoms with Gasteiger partial charge in [0.15, 0.2) is 0 Å². The molecule has 0 saturated carbocycles. The summed E-state index contributed by atoms with van der Waals surface area (Å²) in [5, 5.41) is 25.7. The number of hydrogen-bond donors (Lipinski definition) is 3. The first-order valence-electron chi connectivity index (χ1n) is 12.7. The first-order valence-corrected chi connectivity index (χ1v) is 12.7. The molecule has 0 fully saturated rings. The molecule has 4 aromatic rings. The van der Waals surface area contributed by atoms with Gasteiger partial charge in [0.25, 0.3) is 0 Å². The fraction of sp³-hybridized carbons (Fsp3) is 0.281. The summed E-state index contributed by atoms with van der Waals surface area (Å²) in [6.07, 6.45) is 0.0192. The van der Waals surface area contributed by atoms with Crippen molar-refractivity contribution in [2.24, 2.45) is 0 Å². The topological polar surface area (TPSA) is 78.8 Å². The van der Waals surface area contributed by atoms with E-state index in [9.17, 15) is 9.90 Å². The first-order chi connectivity index (χ1) is 17.7. The van der Waals surface area contributed by atoms with Crippen molar-refractivity contribution in [1.29, 1.82) is 0 Å². The van der Waals surface area contributed by atoms with Crippen molar-refractivity contribution in [3.63, 3.8) is 0 Å². The summed E-state index contributed by atoms with van der Waals surface area (Å²) in [6, 6.07) is 29.7. The average molecular weight is 498 g/mol. The van der Waals surface area contributed by atoms with Gasteiger partial charge in [-0.1, -0.05) is 72.8 Å². The summed E-state index contributed by atoms with van der Waals surface area (Å²) in [5.41, 5.74) is 4.27. The Kier molecular flexibility index (Phi) is 8.39. The molecule has 0 heterocycles. The highest BCUT2D eigenvalue weighted by Crippen LogP contribution is 2.25. The van der Waals surface area contributed by atoms with Crippen LogP contribution in [0, 0.1) is 0 Å². The van der Waals surface area contributed by atoms with Gasteiger partial charge in [0.2, 0.25) is 0 Å². The van der Waals surface area contributed by atoms with Crippen LogP contribution in [0.25, 0.3) is 21.9 Å². The van der Waals surface area contributed by atoms with E-state index in [0.29, 0.717) is 6.54 Å². The standard InChI is InChI=1S/C32H35NO4/c1-22(27-9-6-10-29(18-27)25-13-15-26(16-14-25)31(35)36)37-21-30(34)20-33-32(2,3)19-23-11-12-24-7-4-5-8-28(24)17-23/h4-18,22,30,33-34H,19-21H2,1-3H3,(H,35,36)/t22?,30-/m1/s1. The number of fused-ring (bicyclic) bond motifs is 1. The van der Waals surface area contributed by atoms with Crippen LogP contribution in [-0.4, -0.2) is 41.0 Å². The molecule has 0 aromatic heterocycles. The van der Waals surface area contributed by atoms with Crippen LogP contribution in [0.4, 0.5) is 0 Å². The van der Waals surface area contributed by atoms with E-state index in [0.717, 1.165) is 23.1 Å². The van der Waals surface area contributed by atoms with Gasteiger partial charge < -0.3 is 20.3 Å². The van der Waals surface area contributed by atoms with Crippen LogP contribution in [-0.2, 0) is 11.2 Å². The molecule has 0 aliphatic carbocycles. The Bertz CT molecular complexity index is 1350. The minimum absolute atomic E-state index is 0.181. The molecule has 4 aromatic carbocycles. The number of aromatic carboxylic acids is 1. The number of carboxylic acids is 1. The number of nitrogens with one attached hydrogen (secondary N) is 1. The van der Waals surface area contributed by atoms with Crippen molar-refractivity contribution >= 4 is 16.7 Å². The van der Waals surface area contributed by atoms with Crippen LogP contribution < -0.4 is 5.32 Å². The number of rotatable bonds is 11. The number of benzene rings is 4. The average Bonchev–Trinajstić information content (AvgIpc) is 2.90. The highest BCUT2D eigenvalue weighted by molar-refractivity contribution is 5.88. The van der Waals surface area contributed by atoms with Crippen molar-refractivity contribution in [3.8, 4) is 11.1 Å². The van der Waals surface area contributed by atoms with Crippen molar-refractivity contribution in [2.75, 3.05) is 13.2 Å². The largest absolute Gasteiger partial charge is 0.478 e. The fourth-order valence-electron chi connectivity index (χ4n) is 4.50. The van der Waals surface area contributed by atoms with E-state index in [-0.39, 0.29) is 23.8 Å². The zero-order chi connectivity index (χ0) is 26.4. The van der Waals surface area contributed by atoms with Gasteiger partial charge in [0, 0.05) is 12.1 Å². The van der Waals surface area contributed by atoms with Gasteiger partial charge in [-0.05, 0) is 78.4 Å². The molecule has 192 valence electrons. The van der Waals surface area contributed by atoms with E-state index in [1.165, 1.54) is 16.3 Å². The third-order valence-electron chi connectivity index (χ3n) is 6.64. The molecule has 0 radical (unpaired) electrons. The van der Waals surface area contributed by atoms with Crippen molar-refractivity contribution < 1.29 is 19.7 Å². The summed E-state index contributed by atoms with van der Waals surface area (Å²) in [4.78, 5) is 11.1. The Labute approximate surface area is 218 Å². The van der Waals surface area contributed by atoms with Gasteiger partial charge in [-0.2, -0.15) is 0 Å². The summed E-state index contributed by atoms with van der Waals surface area (Å²) in [7, 11) is 0. The zero-order valence-corrected chi connectivity index (χ0v) is 21.6. The zero-order valence-electron chi connectivity index (χ0n) is 21.6. The van der Waals surface area contributed by atoms with Crippen molar-refractivity contribution in [3.05, 3.63) is 108 Å². The minimum atomic E-state index is -0.938. The predicted molar refractivity (Wildman–Crippen MR) is 149 cm³/mol. The highest BCUT2D eigenvalue weighted by Gasteiger charge is 2.20. The molecule has 5 nitrogen and oxygen atoms in total. The smallest absolute Gasteiger partial charge is 0.335 e. The lowest BCUT2D eigenvalue weighted by Gasteiger charge is -2.28. The van der Waals surface area contributed by atoms with Crippen LogP contribution in [0.15, 0.2) is 91.0 Å². The molecular formula is C32H35NO4. The molecule has 37 heavy (non-hydrogen) atoms. The second kappa shape index (κ2) is 11.7. The second-order valence-electron chi connectivity index (χ2n) is 10.3. The second-order valence-corrected chi connectivity index (χ2v) is 10.3. The Balaban J connectivity index is 1.28. The number of carbonyl (C=O) groups is 1. The molecule has 2 atom stereocenters. The first kappa shape index (κ1) is 26.6. The van der Waals surface area contributed by atoms with Gasteiger partial charge in [-0.15, -0.1) is 0 Å². The SMILES string of the molecule is CC(OC[C@H](O)CNC(C)(C)Cc1ccc2ccccc2c1)c1cccc(-c2ccc(C(=O)O)cc2)c1. The highest BCUT2D eigenvalue weighted by atomic mass is 16.5. The van der Waals surface area contributed by atoms with E-state index >= 15 is 0 Å². The minimum Gasteiger partial charge on any atom is -0.478 e. The van der Waals surface area contributed by atoms with E-state index in [4.69, 9.17) is 9.84 Å². The molecule has 0 amide bonds. The third-order valence-corrected chi connectivity index (χ3v) is 6.64. The summed E-state index contributed by atoms with van der Waals surface area (Å²) in [5.74, 6) is -0.938. The quantitative estimate of drug-likeness (QED) is 0.228. The van der Waals surface area contributed by atoms with Crippen molar-refractivity contribution in [2.45, 2.75) is 44.9 Å². The van der Waals surface area contributed by atoms with Gasteiger partial charge in [-0.25, -0.2) is 4.79 Å². The van der Waals surface area contributed by atoms with E-state index in [1.54, 1.807) is 12.1 Å². The maximum Gasteiger partial charge on any atom is 0.335 e. The van der Waals surface area contributed by atoms with Gasteiger partial charge in [0.05, 0.1) is 24.4 Å². The van der Waals surface area contributed by atoms with Crippen LogP contribution >= 0.6 is 0 Å². The molecule has 4 rings (SSSR count). The lowest BCUT2D eigenvalue weighted by Crippen LogP contribution is -2.46. The Morgan fingerprint density at radius 2 is 1.62 bits per heavy atom. The van der Waals surface area contributed by atoms with Crippen LogP contribution in [0.5, 0.6) is 0 Å². The van der Waals surface area contributed by atoms with E-state index in [2.05, 4.69) is 61.6 Å². The summed E-state index contributed by atoms with van der Waals surface area (Å²) >= 11 is 0. The normalized spacial score (nSPS) is 13.4. The lowest BCUT2D eigenvalue weighted by molar-refractivity contribution is -0.00416. The molecule has 3 N–H and O–H groups in total. The molecule has 0 aliphatic heterocycles. The van der Waals surface area contributed by atoms with Crippen LogP contribution in [0.1, 0.15) is 48.4 Å². The molecule has 5 heteroatoms. The van der Waals surface area contributed by atoms with Gasteiger partial charge in [0.1, 0.15) is 0 Å². The van der Waals surface area contributed by atoms with Gasteiger partial charge >= 0.3 is 5.97 Å². The fourth-order valence-corrected chi connectivity index (χ4v) is 4.50. The van der Waals surface area contributed by atoms with E-state index < -0.39 is 12.1 Å². The van der Waals surface area contributed by atoms with Crippen molar-refractivity contribution in [1.82, 2.24) is 5.32 Å². The van der Waals surface area contributed by atoms with Crippen LogP contribution in [0.3, 0.4) is 0 Å². The predicted octanol–water partition coefficient (Wildman–Crippen LogP) is 6.25. The lowest BCUT2D eigenvalue weighted by atomic mass is 9.93. The molecule has 0 saturated heterocycles. The molecule has 0 bridgehead atoms. The number of hydrogen-bond acceptors (Lipinski definition) is 4. The number of aliphatic hydroxyl groups is 1. The third kappa shape index (κ3) is 7.26. The summed E-state index contributed by atoms with van der Waals surface area (Å²) < 4.78 is 6.00. The maximum atomic E-state index is 11.1. The summed E-state index contributed by atoms with van der Waals surface area (Å²) in [6.45, 7) is 6.91. The molecule has 0 spiro atoms. The monoisotopic (exact) mass is 497 g/mol. The molecular weight excluding hydrogens is 462 g/mol. The number of carboxylic acid groups (broad SMARTS) is 1. The Morgan fingerprint density at radius 1 is 0.892 bits per heavy atom. The maximum absolute atomic E-state index is 11.1. The Hall–Kier alpha value is -3.51. The Morgan fingerprint density at radius 3 is 2.35 bits per heavy atom. The number of aliphatic hydroxyl groups excluding tert-OH is 1. The van der Waals surface area contributed by atoms with Crippen LogP contribution in [0.2, 0.25) is 0 Å². The molecule has 1 unspecified atom stereocenters. The van der Waals surface area contributed by atoms with Gasteiger partial charge in [-0.3, -0.25) is 0 Å². The number of β-amino-alcohol motifs (C(OH)–C–C–N with tert-alkyl or cyclic N) is 1. The van der Waals surface area contributed by atoms with E-state index in [1.807, 2.05) is 43.3 Å². The molecule has 0 aliphatic rings. The number of ether oxygens (including phenoxy) is 1.